The van der Waals surface area contributed by atoms with Gasteiger partial charge in [0.25, 0.3) is 5.91 Å². The summed E-state index contributed by atoms with van der Waals surface area (Å²) in [5, 5.41) is 0. The number of hydrogen-bond donors (Lipinski definition) is 0. The molecular weight excluding hydrogens is 316 g/mol. The van der Waals surface area contributed by atoms with Gasteiger partial charge in [-0.15, -0.1) is 0 Å². The van der Waals surface area contributed by atoms with Gasteiger partial charge in [0, 0.05) is 30.5 Å². The fraction of sp³-hybridized carbons (Fsp3) is 0.250. The topological polar surface area (TPSA) is 40.6 Å². The van der Waals surface area contributed by atoms with Crippen molar-refractivity contribution in [2.24, 2.45) is 0 Å². The second-order valence-electron chi connectivity index (χ2n) is 4.14. The molecule has 6 heteroatoms. The fourth-order valence-electron chi connectivity index (χ4n) is 1.64. The number of amides is 1. The number of halogens is 1. The first-order valence-corrected chi connectivity index (χ1v) is 7.44. The Labute approximate surface area is 117 Å². The smallest absolute Gasteiger partial charge is 0.269 e. The molecule has 0 N–H and O–H groups in total. The highest BCUT2D eigenvalue weighted by Gasteiger charge is 2.33. The quantitative estimate of drug-likeness (QED) is 0.778. The molecule has 0 aromatic heterocycles. The van der Waals surface area contributed by atoms with Gasteiger partial charge in [-0.2, -0.15) is 0 Å². The Balaban J connectivity index is 2.31. The number of nitrogens with zero attached hydrogens (tertiary/aromatic N) is 2. The third kappa shape index (κ3) is 2.64. The van der Waals surface area contributed by atoms with Crippen LogP contribution in [0.15, 0.2) is 39.8 Å². The Morgan fingerprint density at radius 2 is 1.94 bits per heavy atom. The van der Waals surface area contributed by atoms with Crippen LogP contribution in [0.2, 0.25) is 0 Å². The molecule has 0 saturated carbocycles. The van der Waals surface area contributed by atoms with E-state index in [1.165, 1.54) is 4.90 Å². The van der Waals surface area contributed by atoms with E-state index in [4.69, 9.17) is 0 Å². The number of benzene rings is 1. The van der Waals surface area contributed by atoms with Crippen LogP contribution in [0.3, 0.4) is 0 Å². The highest BCUT2D eigenvalue weighted by molar-refractivity contribution is 9.10. The van der Waals surface area contributed by atoms with Crippen molar-refractivity contribution in [3.63, 3.8) is 0 Å². The van der Waals surface area contributed by atoms with Crippen molar-refractivity contribution in [3.8, 4) is 0 Å². The standard InChI is InChI=1S/C12H13BrN2O2S/c1-14(2)7-11-12(16)15(8-18(11)17)10-5-3-9(13)4-6-10/h3-7H,8H2,1-2H3. The molecule has 18 heavy (non-hydrogen) atoms. The summed E-state index contributed by atoms with van der Waals surface area (Å²) in [5.41, 5.74) is 0.763. The van der Waals surface area contributed by atoms with Crippen LogP contribution >= 0.6 is 15.9 Å². The van der Waals surface area contributed by atoms with Crippen LogP contribution in [0.25, 0.3) is 0 Å². The van der Waals surface area contributed by atoms with E-state index in [1.807, 2.05) is 24.3 Å². The van der Waals surface area contributed by atoms with Crippen LogP contribution in [0.4, 0.5) is 5.69 Å². The zero-order valence-electron chi connectivity index (χ0n) is 10.1. The van der Waals surface area contributed by atoms with E-state index in [2.05, 4.69) is 15.9 Å². The molecule has 0 aliphatic carbocycles. The number of anilines is 1. The first-order chi connectivity index (χ1) is 8.49. The maximum Gasteiger partial charge on any atom is 0.269 e. The molecule has 1 aromatic rings. The van der Waals surface area contributed by atoms with Gasteiger partial charge in [-0.05, 0) is 24.3 Å². The van der Waals surface area contributed by atoms with Gasteiger partial charge >= 0.3 is 0 Å². The summed E-state index contributed by atoms with van der Waals surface area (Å²) in [6, 6.07) is 7.38. The Hall–Kier alpha value is -1.14. The van der Waals surface area contributed by atoms with Crippen LogP contribution < -0.4 is 4.90 Å². The Morgan fingerprint density at radius 3 is 2.50 bits per heavy atom. The summed E-state index contributed by atoms with van der Waals surface area (Å²) in [7, 11) is 2.35. The van der Waals surface area contributed by atoms with E-state index < -0.39 is 10.8 Å². The van der Waals surface area contributed by atoms with Gasteiger partial charge in [-0.25, -0.2) is 0 Å². The molecule has 4 nitrogen and oxygen atoms in total. The van der Waals surface area contributed by atoms with Crippen LogP contribution in [0.1, 0.15) is 0 Å². The molecule has 1 aromatic carbocycles. The second-order valence-corrected chi connectivity index (χ2v) is 6.45. The molecule has 1 aliphatic heterocycles. The predicted molar refractivity (Wildman–Crippen MR) is 76.4 cm³/mol. The summed E-state index contributed by atoms with van der Waals surface area (Å²) in [4.78, 5) is 15.8. The zero-order chi connectivity index (χ0) is 13.3. The lowest BCUT2D eigenvalue weighted by Crippen LogP contribution is -2.24. The van der Waals surface area contributed by atoms with Crippen molar-refractivity contribution >= 4 is 38.3 Å². The Morgan fingerprint density at radius 1 is 1.33 bits per heavy atom. The summed E-state index contributed by atoms with van der Waals surface area (Å²) in [5.74, 6) is 0.0319. The molecule has 1 unspecified atom stereocenters. The zero-order valence-corrected chi connectivity index (χ0v) is 12.5. The third-order valence-corrected chi connectivity index (χ3v) is 4.25. The molecule has 0 spiro atoms. The van der Waals surface area contributed by atoms with Gasteiger partial charge in [0.15, 0.2) is 0 Å². The molecule has 96 valence electrons. The molecule has 1 fully saturated rings. The molecule has 1 aliphatic rings. The highest BCUT2D eigenvalue weighted by atomic mass is 79.9. The van der Waals surface area contributed by atoms with Crippen molar-refractivity contribution in [3.05, 3.63) is 39.8 Å². The minimum absolute atomic E-state index is 0.190. The maximum atomic E-state index is 12.2. The normalized spacial score (nSPS) is 21.7. The van der Waals surface area contributed by atoms with E-state index in [1.54, 1.807) is 25.2 Å². The van der Waals surface area contributed by atoms with Crippen molar-refractivity contribution in [1.29, 1.82) is 0 Å². The third-order valence-electron chi connectivity index (χ3n) is 2.46. The Bertz CT molecular complexity index is 525. The van der Waals surface area contributed by atoms with Crippen LogP contribution in [0, 0.1) is 0 Å². The van der Waals surface area contributed by atoms with Crippen molar-refractivity contribution in [2.75, 3.05) is 24.9 Å². The summed E-state index contributed by atoms with van der Waals surface area (Å²) < 4.78 is 12.9. The first-order valence-electron chi connectivity index (χ1n) is 5.33. The largest absolute Gasteiger partial charge is 0.382 e. The number of carbonyl (C=O) groups excluding carboxylic acids is 1. The summed E-state index contributed by atoms with van der Waals surface area (Å²) in [6.07, 6.45) is 1.62. The van der Waals surface area contributed by atoms with E-state index in [-0.39, 0.29) is 11.8 Å². The lowest BCUT2D eigenvalue weighted by atomic mass is 10.3. The van der Waals surface area contributed by atoms with E-state index in [0.29, 0.717) is 4.91 Å². The van der Waals surface area contributed by atoms with Gasteiger partial charge in [0.05, 0.1) is 10.8 Å². The lowest BCUT2D eigenvalue weighted by Gasteiger charge is -2.14. The average molecular weight is 329 g/mol. The lowest BCUT2D eigenvalue weighted by molar-refractivity contribution is -0.114. The van der Waals surface area contributed by atoms with Crippen LogP contribution in [-0.2, 0) is 15.6 Å². The van der Waals surface area contributed by atoms with Gasteiger partial charge in [0.2, 0.25) is 0 Å². The van der Waals surface area contributed by atoms with Gasteiger partial charge in [0.1, 0.15) is 10.8 Å². The van der Waals surface area contributed by atoms with Gasteiger partial charge < -0.3 is 4.90 Å². The maximum absolute atomic E-state index is 12.2. The monoisotopic (exact) mass is 328 g/mol. The van der Waals surface area contributed by atoms with Gasteiger partial charge in [-0.1, -0.05) is 15.9 Å². The SMILES string of the molecule is CN(C)C=C1C(=O)N(c2ccc(Br)cc2)CS1=O. The molecule has 2 rings (SSSR count). The van der Waals surface area contributed by atoms with Crippen LogP contribution in [0.5, 0.6) is 0 Å². The number of rotatable bonds is 2. The average Bonchev–Trinajstić information content (AvgIpc) is 2.58. The number of hydrogen-bond acceptors (Lipinski definition) is 3. The Kier molecular flexibility index (Phi) is 3.87. The van der Waals surface area contributed by atoms with Crippen molar-refractivity contribution in [2.45, 2.75) is 0 Å². The van der Waals surface area contributed by atoms with Crippen LogP contribution in [-0.4, -0.2) is 35.0 Å². The number of carbonyl (C=O) groups is 1. The molecule has 1 atom stereocenters. The van der Waals surface area contributed by atoms with Gasteiger partial charge in [-0.3, -0.25) is 13.9 Å². The van der Waals surface area contributed by atoms with E-state index in [9.17, 15) is 9.00 Å². The summed E-state index contributed by atoms with van der Waals surface area (Å²) >= 11 is 3.34. The first kappa shape index (κ1) is 13.3. The van der Waals surface area contributed by atoms with E-state index in [0.717, 1.165) is 10.2 Å². The molecule has 0 bridgehead atoms. The van der Waals surface area contributed by atoms with Crippen molar-refractivity contribution < 1.29 is 9.00 Å². The molecule has 0 radical (unpaired) electrons. The second kappa shape index (κ2) is 5.24. The molecular formula is C12H13BrN2O2S. The van der Waals surface area contributed by atoms with Crippen molar-refractivity contribution in [1.82, 2.24) is 4.90 Å². The minimum Gasteiger partial charge on any atom is -0.382 e. The van der Waals surface area contributed by atoms with E-state index >= 15 is 0 Å². The minimum atomic E-state index is -1.26. The highest BCUT2D eigenvalue weighted by Crippen LogP contribution is 2.26. The fourth-order valence-corrected chi connectivity index (χ4v) is 3.17. The summed E-state index contributed by atoms with van der Waals surface area (Å²) in [6.45, 7) is 0. The molecule has 1 saturated heterocycles. The molecule has 1 amide bonds. The molecule has 1 heterocycles. The predicted octanol–water partition coefficient (Wildman–Crippen LogP) is 1.90.